The number of rotatable bonds is 3. The molecule has 3 heterocycles. The molecule has 0 radical (unpaired) electrons. The minimum Gasteiger partial charge on any atom is -0.497 e. The molecule has 0 amide bonds. The van der Waals surface area contributed by atoms with E-state index in [1.807, 2.05) is 30.0 Å². The van der Waals surface area contributed by atoms with Gasteiger partial charge < -0.3 is 9.64 Å². The predicted molar refractivity (Wildman–Crippen MR) is 138 cm³/mol. The molecule has 7 heteroatoms. The Morgan fingerprint density at radius 1 is 0.970 bits per heavy atom. The number of para-hydroxylation sites is 2. The lowest BCUT2D eigenvalue weighted by Gasteiger charge is -2.33. The quantitative estimate of drug-likeness (QED) is 0.245. The lowest BCUT2D eigenvalue weighted by molar-refractivity contribution is 0.414. The summed E-state index contributed by atoms with van der Waals surface area (Å²) in [7, 11) is 1.71. The molecule has 4 aromatic rings. The summed E-state index contributed by atoms with van der Waals surface area (Å²) in [5, 5.41) is 0.906. The van der Waals surface area contributed by atoms with E-state index in [9.17, 15) is 0 Å². The zero-order valence-electron chi connectivity index (χ0n) is 18.3. The van der Waals surface area contributed by atoms with Crippen LogP contribution in [0.3, 0.4) is 0 Å². The molecule has 33 heavy (non-hydrogen) atoms. The van der Waals surface area contributed by atoms with E-state index in [0.29, 0.717) is 0 Å². The maximum absolute atomic E-state index is 5.40. The van der Waals surface area contributed by atoms with Crippen LogP contribution in [0, 0.1) is 0 Å². The van der Waals surface area contributed by atoms with Gasteiger partial charge in [0.05, 0.1) is 23.0 Å². The second-order valence-electron chi connectivity index (χ2n) is 8.15. The number of anilines is 1. The number of hydrogen-bond donors (Lipinski definition) is 0. The van der Waals surface area contributed by atoms with Crippen LogP contribution in [0.5, 0.6) is 5.75 Å². The number of hydrogen-bond acceptors (Lipinski definition) is 5. The van der Waals surface area contributed by atoms with Gasteiger partial charge in [0.25, 0.3) is 0 Å². The van der Waals surface area contributed by atoms with E-state index >= 15 is 0 Å². The second kappa shape index (κ2) is 8.72. The number of thioether (sulfide) groups is 1. The Morgan fingerprint density at radius 3 is 2.52 bits per heavy atom. The number of thiazole rings is 1. The molecule has 1 atom stereocenters. The third-order valence-corrected chi connectivity index (χ3v) is 8.32. The van der Waals surface area contributed by atoms with Crippen LogP contribution in [0.25, 0.3) is 10.2 Å². The largest absolute Gasteiger partial charge is 0.497 e. The molecule has 1 fully saturated rings. The minimum absolute atomic E-state index is 0.0991. The van der Waals surface area contributed by atoms with Crippen molar-refractivity contribution in [2.24, 2.45) is 4.99 Å². The van der Waals surface area contributed by atoms with Gasteiger partial charge in [0.2, 0.25) is 11.1 Å². The average molecular weight is 473 g/mol. The van der Waals surface area contributed by atoms with Crippen molar-refractivity contribution in [3.63, 3.8) is 0 Å². The molecule has 166 valence electrons. The van der Waals surface area contributed by atoms with Crippen molar-refractivity contribution < 1.29 is 4.74 Å². The Hall–Kier alpha value is -3.03. The van der Waals surface area contributed by atoms with Crippen molar-refractivity contribution in [2.75, 3.05) is 25.1 Å². The fourth-order valence-corrected chi connectivity index (χ4v) is 6.57. The molecule has 0 aliphatic carbocycles. The van der Waals surface area contributed by atoms with Crippen LogP contribution >= 0.6 is 23.1 Å². The molecule has 1 unspecified atom stereocenters. The van der Waals surface area contributed by atoms with Gasteiger partial charge in [0.1, 0.15) is 11.1 Å². The van der Waals surface area contributed by atoms with Crippen LogP contribution in [-0.2, 0) is 0 Å². The molecule has 1 aromatic heterocycles. The topological polar surface area (TPSA) is 41.0 Å². The SMILES string of the molecule is COc1ccc(C2Sc3ccccc3N2/C(=N/c2nc3ccccc3s2)N2CCCC2)cc1. The summed E-state index contributed by atoms with van der Waals surface area (Å²) in [5.41, 5.74) is 3.44. The van der Waals surface area contributed by atoms with Gasteiger partial charge in [-0.15, -0.1) is 0 Å². The first kappa shape index (κ1) is 20.6. The highest BCUT2D eigenvalue weighted by atomic mass is 32.2. The Labute approximate surface area is 201 Å². The molecule has 2 aliphatic rings. The van der Waals surface area contributed by atoms with Crippen molar-refractivity contribution >= 4 is 50.1 Å². The van der Waals surface area contributed by atoms with Crippen LogP contribution in [0.4, 0.5) is 10.8 Å². The second-order valence-corrected chi connectivity index (χ2v) is 10.3. The van der Waals surface area contributed by atoms with Gasteiger partial charge >= 0.3 is 0 Å². The molecule has 3 aromatic carbocycles. The van der Waals surface area contributed by atoms with Gasteiger partial charge in [-0.1, -0.05) is 59.5 Å². The monoisotopic (exact) mass is 472 g/mol. The normalized spacial score (nSPS) is 18.2. The van der Waals surface area contributed by atoms with Gasteiger partial charge in [-0.2, -0.15) is 4.99 Å². The number of methoxy groups -OCH3 is 1. The predicted octanol–water partition coefficient (Wildman–Crippen LogP) is 6.70. The highest BCUT2D eigenvalue weighted by molar-refractivity contribution is 8.00. The molecule has 0 saturated carbocycles. The number of benzene rings is 3. The van der Waals surface area contributed by atoms with Crippen molar-refractivity contribution in [3.8, 4) is 5.75 Å². The minimum atomic E-state index is 0.0991. The summed E-state index contributed by atoms with van der Waals surface area (Å²) in [5.74, 6) is 1.86. The summed E-state index contributed by atoms with van der Waals surface area (Å²) < 4.78 is 6.56. The van der Waals surface area contributed by atoms with Gasteiger partial charge in [-0.05, 0) is 54.8 Å². The molecule has 0 spiro atoms. The van der Waals surface area contributed by atoms with Crippen LogP contribution in [0.2, 0.25) is 0 Å². The average Bonchev–Trinajstić information content (AvgIpc) is 3.61. The van der Waals surface area contributed by atoms with E-state index in [0.717, 1.165) is 35.4 Å². The number of guanidine groups is 1. The smallest absolute Gasteiger partial charge is 0.213 e. The van der Waals surface area contributed by atoms with E-state index < -0.39 is 0 Å². The number of aromatic nitrogens is 1. The first-order valence-electron chi connectivity index (χ1n) is 11.2. The number of likely N-dealkylation sites (tertiary alicyclic amines) is 1. The van der Waals surface area contributed by atoms with E-state index in [1.54, 1.807) is 18.4 Å². The lowest BCUT2D eigenvalue weighted by Crippen LogP contribution is -2.43. The summed E-state index contributed by atoms with van der Waals surface area (Å²) in [6.45, 7) is 2.03. The first-order chi connectivity index (χ1) is 16.3. The molecular formula is C26H24N4OS2. The Morgan fingerprint density at radius 2 is 1.73 bits per heavy atom. The van der Waals surface area contributed by atoms with Gasteiger partial charge in [-0.3, -0.25) is 4.90 Å². The molecule has 0 N–H and O–H groups in total. The van der Waals surface area contributed by atoms with E-state index in [1.165, 1.54) is 33.7 Å². The zero-order valence-corrected chi connectivity index (χ0v) is 20.0. The van der Waals surface area contributed by atoms with E-state index in [2.05, 4.69) is 64.4 Å². The third kappa shape index (κ3) is 3.85. The van der Waals surface area contributed by atoms with E-state index in [4.69, 9.17) is 14.7 Å². The van der Waals surface area contributed by atoms with Crippen molar-refractivity contribution in [1.82, 2.24) is 9.88 Å². The molecule has 2 aliphatic heterocycles. The highest BCUT2D eigenvalue weighted by Crippen LogP contribution is 2.52. The highest BCUT2D eigenvalue weighted by Gasteiger charge is 2.37. The number of ether oxygens (including phenoxy) is 1. The fourth-order valence-electron chi connectivity index (χ4n) is 4.44. The third-order valence-electron chi connectivity index (χ3n) is 6.08. The van der Waals surface area contributed by atoms with Gasteiger partial charge in [-0.25, -0.2) is 4.98 Å². The summed E-state index contributed by atoms with van der Waals surface area (Å²) in [4.78, 5) is 16.1. The van der Waals surface area contributed by atoms with E-state index in [-0.39, 0.29) is 5.37 Å². The maximum Gasteiger partial charge on any atom is 0.213 e. The van der Waals surface area contributed by atoms with Crippen molar-refractivity contribution in [2.45, 2.75) is 23.1 Å². The van der Waals surface area contributed by atoms with Crippen LogP contribution in [-0.4, -0.2) is 36.0 Å². The molecule has 5 nitrogen and oxygen atoms in total. The van der Waals surface area contributed by atoms with Crippen molar-refractivity contribution in [1.29, 1.82) is 0 Å². The van der Waals surface area contributed by atoms with Crippen LogP contribution in [0.1, 0.15) is 23.8 Å². The molecule has 0 bridgehead atoms. The van der Waals surface area contributed by atoms with Crippen LogP contribution in [0.15, 0.2) is 82.7 Å². The number of aliphatic imine (C=N–C) groups is 1. The fraction of sp³-hybridized carbons (Fsp3) is 0.231. The Bertz CT molecular complexity index is 1280. The maximum atomic E-state index is 5.40. The Balaban J connectivity index is 1.48. The number of nitrogens with zero attached hydrogens (tertiary/aromatic N) is 4. The standard InChI is InChI=1S/C26H24N4OS2/c1-31-19-14-12-18(13-15-19)24-30(21-9-3-5-11-23(21)32-24)26(29-16-6-7-17-29)28-25-27-20-8-2-4-10-22(20)33-25/h2-5,8-15,24H,6-7,16-17H2,1H3/b28-26+. The summed E-state index contributed by atoms with van der Waals surface area (Å²) in [6, 6.07) is 25.3. The number of fused-ring (bicyclic) bond motifs is 2. The lowest BCUT2D eigenvalue weighted by atomic mass is 10.2. The zero-order chi connectivity index (χ0) is 22.2. The molecular weight excluding hydrogens is 448 g/mol. The van der Waals surface area contributed by atoms with Gasteiger partial charge in [0, 0.05) is 18.0 Å². The summed E-state index contributed by atoms with van der Waals surface area (Å²) >= 11 is 3.53. The first-order valence-corrected chi connectivity index (χ1v) is 12.9. The summed E-state index contributed by atoms with van der Waals surface area (Å²) in [6.07, 6.45) is 2.38. The van der Waals surface area contributed by atoms with Crippen molar-refractivity contribution in [3.05, 3.63) is 78.4 Å². The van der Waals surface area contributed by atoms with Crippen LogP contribution < -0.4 is 9.64 Å². The molecule has 6 rings (SSSR count). The Kier molecular flexibility index (Phi) is 5.44. The van der Waals surface area contributed by atoms with Gasteiger partial charge in [0.15, 0.2) is 0 Å². The molecule has 1 saturated heterocycles.